The van der Waals surface area contributed by atoms with E-state index in [0.29, 0.717) is 23.8 Å². The third-order valence-corrected chi connectivity index (χ3v) is 4.04. The SMILES string of the molecule is CCCN(CC(=O)Nc1cc(C)on1)C(=O)Nc1cccc2ccccc12. The van der Waals surface area contributed by atoms with Crippen molar-refractivity contribution in [1.29, 1.82) is 0 Å². The first kappa shape index (κ1) is 18.4. The van der Waals surface area contributed by atoms with Gasteiger partial charge in [-0.05, 0) is 24.8 Å². The van der Waals surface area contributed by atoms with Gasteiger partial charge in [-0.15, -0.1) is 0 Å². The lowest BCUT2D eigenvalue weighted by atomic mass is 10.1. The van der Waals surface area contributed by atoms with Crippen LogP contribution in [-0.4, -0.2) is 35.1 Å². The minimum absolute atomic E-state index is 0.0731. The van der Waals surface area contributed by atoms with Crippen LogP contribution in [0.5, 0.6) is 0 Å². The van der Waals surface area contributed by atoms with Gasteiger partial charge in [-0.1, -0.05) is 48.5 Å². The molecule has 2 aromatic carbocycles. The first-order chi connectivity index (χ1) is 13.1. The number of nitrogens with one attached hydrogen (secondary N) is 2. The summed E-state index contributed by atoms with van der Waals surface area (Å²) in [6.07, 6.45) is 0.735. The molecule has 1 heterocycles. The van der Waals surface area contributed by atoms with Crippen molar-refractivity contribution >= 4 is 34.2 Å². The summed E-state index contributed by atoms with van der Waals surface area (Å²) in [5.41, 5.74) is 0.715. The van der Waals surface area contributed by atoms with Crippen molar-refractivity contribution in [2.24, 2.45) is 0 Å². The third-order valence-electron chi connectivity index (χ3n) is 4.04. The molecular weight excluding hydrogens is 344 g/mol. The molecule has 0 fully saturated rings. The number of amides is 3. The fourth-order valence-corrected chi connectivity index (χ4v) is 2.83. The molecule has 0 saturated carbocycles. The highest BCUT2D eigenvalue weighted by Crippen LogP contribution is 2.23. The minimum atomic E-state index is -0.329. The molecule has 7 nitrogen and oxygen atoms in total. The Bertz CT molecular complexity index is 946. The van der Waals surface area contributed by atoms with E-state index >= 15 is 0 Å². The zero-order valence-corrected chi connectivity index (χ0v) is 15.4. The Kier molecular flexibility index (Phi) is 5.71. The van der Waals surface area contributed by atoms with Gasteiger partial charge in [-0.3, -0.25) is 4.79 Å². The van der Waals surface area contributed by atoms with Gasteiger partial charge < -0.3 is 20.1 Å². The zero-order valence-electron chi connectivity index (χ0n) is 15.4. The van der Waals surface area contributed by atoms with E-state index in [1.54, 1.807) is 13.0 Å². The molecule has 3 amide bonds. The van der Waals surface area contributed by atoms with Crippen LogP contribution in [0, 0.1) is 6.92 Å². The van der Waals surface area contributed by atoms with Crippen LogP contribution in [-0.2, 0) is 4.79 Å². The van der Waals surface area contributed by atoms with Crippen LogP contribution in [0.25, 0.3) is 10.8 Å². The molecule has 3 aromatic rings. The van der Waals surface area contributed by atoms with E-state index in [1.807, 2.05) is 49.4 Å². The molecule has 0 aliphatic carbocycles. The summed E-state index contributed by atoms with van der Waals surface area (Å²) in [7, 11) is 0. The van der Waals surface area contributed by atoms with Crippen molar-refractivity contribution in [3.63, 3.8) is 0 Å². The summed E-state index contributed by atoms with van der Waals surface area (Å²) in [6, 6.07) is 14.9. The van der Waals surface area contributed by atoms with Gasteiger partial charge in [0.25, 0.3) is 0 Å². The Balaban J connectivity index is 1.70. The Morgan fingerprint density at radius 2 is 1.89 bits per heavy atom. The zero-order chi connectivity index (χ0) is 19.2. The van der Waals surface area contributed by atoms with E-state index in [-0.39, 0.29) is 18.5 Å². The number of hydrogen-bond acceptors (Lipinski definition) is 4. The van der Waals surface area contributed by atoms with Crippen molar-refractivity contribution in [1.82, 2.24) is 10.1 Å². The van der Waals surface area contributed by atoms with Gasteiger partial charge in [0.1, 0.15) is 12.3 Å². The fourth-order valence-electron chi connectivity index (χ4n) is 2.83. The molecule has 2 N–H and O–H groups in total. The van der Waals surface area contributed by atoms with Crippen molar-refractivity contribution in [3.8, 4) is 0 Å². The number of urea groups is 1. The monoisotopic (exact) mass is 366 g/mol. The summed E-state index contributed by atoms with van der Waals surface area (Å²) in [5.74, 6) is 0.609. The van der Waals surface area contributed by atoms with E-state index in [4.69, 9.17) is 4.52 Å². The second-order valence-corrected chi connectivity index (χ2v) is 6.25. The number of anilines is 2. The molecule has 0 atom stereocenters. The second-order valence-electron chi connectivity index (χ2n) is 6.25. The topological polar surface area (TPSA) is 87.5 Å². The standard InChI is InChI=1S/C20H22N4O3/c1-3-11-24(13-19(25)22-18-12-14(2)27-23-18)20(26)21-17-10-6-8-15-7-4-5-9-16(15)17/h4-10,12H,3,11,13H2,1-2H3,(H,21,26)(H,22,23,25). The molecule has 0 unspecified atom stereocenters. The number of rotatable bonds is 6. The first-order valence-electron chi connectivity index (χ1n) is 8.83. The van der Waals surface area contributed by atoms with E-state index in [2.05, 4.69) is 15.8 Å². The normalized spacial score (nSPS) is 10.6. The average Bonchev–Trinajstić information content (AvgIpc) is 3.06. The van der Waals surface area contributed by atoms with Gasteiger partial charge >= 0.3 is 6.03 Å². The van der Waals surface area contributed by atoms with Crippen molar-refractivity contribution < 1.29 is 14.1 Å². The largest absolute Gasteiger partial charge is 0.360 e. The maximum atomic E-state index is 12.7. The predicted molar refractivity (Wildman–Crippen MR) is 105 cm³/mol. The molecule has 27 heavy (non-hydrogen) atoms. The van der Waals surface area contributed by atoms with Crippen LogP contribution < -0.4 is 10.6 Å². The highest BCUT2D eigenvalue weighted by atomic mass is 16.5. The number of aromatic nitrogens is 1. The Hall–Kier alpha value is -3.35. The lowest BCUT2D eigenvalue weighted by Gasteiger charge is -2.22. The lowest BCUT2D eigenvalue weighted by Crippen LogP contribution is -2.41. The maximum absolute atomic E-state index is 12.7. The molecule has 7 heteroatoms. The van der Waals surface area contributed by atoms with Crippen molar-refractivity contribution in [3.05, 3.63) is 54.3 Å². The molecule has 1 aromatic heterocycles. The summed E-state index contributed by atoms with van der Waals surface area (Å²) in [6.45, 7) is 4.08. The van der Waals surface area contributed by atoms with Gasteiger partial charge in [0.05, 0.1) is 5.69 Å². The molecular formula is C20H22N4O3. The van der Waals surface area contributed by atoms with Gasteiger partial charge in [0.2, 0.25) is 5.91 Å². The second kappa shape index (κ2) is 8.35. The number of carbonyl (C=O) groups excluding carboxylic acids is 2. The molecule has 0 aliphatic heterocycles. The number of nitrogens with zero attached hydrogens (tertiary/aromatic N) is 2. The number of hydrogen-bond donors (Lipinski definition) is 2. The summed E-state index contributed by atoms with van der Waals surface area (Å²) >= 11 is 0. The van der Waals surface area contributed by atoms with Crippen LogP contribution in [0.3, 0.4) is 0 Å². The predicted octanol–water partition coefficient (Wildman–Crippen LogP) is 4.02. The molecule has 140 valence electrons. The van der Waals surface area contributed by atoms with E-state index < -0.39 is 0 Å². The van der Waals surface area contributed by atoms with E-state index in [0.717, 1.165) is 17.2 Å². The van der Waals surface area contributed by atoms with Crippen LogP contribution in [0.4, 0.5) is 16.3 Å². The smallest absolute Gasteiger partial charge is 0.322 e. The molecule has 0 spiro atoms. The summed E-state index contributed by atoms with van der Waals surface area (Å²) < 4.78 is 4.93. The van der Waals surface area contributed by atoms with Crippen LogP contribution in [0.1, 0.15) is 19.1 Å². The molecule has 0 bridgehead atoms. The van der Waals surface area contributed by atoms with Gasteiger partial charge in [0, 0.05) is 18.0 Å². The number of benzene rings is 2. The summed E-state index contributed by atoms with van der Waals surface area (Å²) in [5, 5.41) is 11.3. The molecule has 3 rings (SSSR count). The van der Waals surface area contributed by atoms with Crippen LogP contribution in [0.15, 0.2) is 53.1 Å². The number of aryl methyl sites for hydroxylation is 1. The van der Waals surface area contributed by atoms with E-state index in [9.17, 15) is 9.59 Å². The van der Waals surface area contributed by atoms with Gasteiger partial charge in [-0.2, -0.15) is 0 Å². The quantitative estimate of drug-likeness (QED) is 0.690. The van der Waals surface area contributed by atoms with Gasteiger partial charge in [0.15, 0.2) is 5.82 Å². The highest BCUT2D eigenvalue weighted by molar-refractivity contribution is 6.02. The Morgan fingerprint density at radius 3 is 2.63 bits per heavy atom. The maximum Gasteiger partial charge on any atom is 0.322 e. The first-order valence-corrected chi connectivity index (χ1v) is 8.83. The minimum Gasteiger partial charge on any atom is -0.360 e. The Labute approximate surface area is 157 Å². The fraction of sp³-hybridized carbons (Fsp3) is 0.250. The third kappa shape index (κ3) is 4.63. The number of carbonyl (C=O) groups is 2. The Morgan fingerprint density at radius 1 is 1.11 bits per heavy atom. The van der Waals surface area contributed by atoms with Crippen molar-refractivity contribution in [2.75, 3.05) is 23.7 Å². The van der Waals surface area contributed by atoms with Crippen LogP contribution in [0.2, 0.25) is 0 Å². The van der Waals surface area contributed by atoms with Crippen LogP contribution >= 0.6 is 0 Å². The average molecular weight is 366 g/mol. The molecule has 0 saturated heterocycles. The highest BCUT2D eigenvalue weighted by Gasteiger charge is 2.18. The molecule has 0 aliphatic rings. The van der Waals surface area contributed by atoms with Gasteiger partial charge in [-0.25, -0.2) is 4.79 Å². The van der Waals surface area contributed by atoms with Crippen molar-refractivity contribution in [2.45, 2.75) is 20.3 Å². The number of fused-ring (bicyclic) bond motifs is 1. The molecule has 0 radical (unpaired) electrons. The van der Waals surface area contributed by atoms with E-state index in [1.165, 1.54) is 4.90 Å². The lowest BCUT2D eigenvalue weighted by molar-refractivity contribution is -0.116. The summed E-state index contributed by atoms with van der Waals surface area (Å²) in [4.78, 5) is 26.5.